The second kappa shape index (κ2) is 8.20. The average Bonchev–Trinajstić information content (AvgIpc) is 3.07. The van der Waals surface area contributed by atoms with E-state index in [2.05, 4.69) is 33.4 Å². The minimum atomic E-state index is 0. The van der Waals surface area contributed by atoms with Gasteiger partial charge in [-0.2, -0.15) is 0 Å². The van der Waals surface area contributed by atoms with E-state index in [-0.39, 0.29) is 24.4 Å². The molecule has 3 heterocycles. The van der Waals surface area contributed by atoms with Crippen LogP contribution in [0.5, 0.6) is 0 Å². The molecule has 7 heteroatoms. The number of fused-ring (bicyclic) bond motifs is 1. The Hall–Kier alpha value is -1.89. The Morgan fingerprint density at radius 1 is 1.31 bits per heavy atom. The highest BCUT2D eigenvalue weighted by Gasteiger charge is 2.30. The number of amides is 1. The molecular weight excluding hydrogens is 350 g/mol. The summed E-state index contributed by atoms with van der Waals surface area (Å²) in [6.45, 7) is 3.85. The number of rotatable bonds is 3. The van der Waals surface area contributed by atoms with Crippen molar-refractivity contribution < 1.29 is 4.79 Å². The first-order valence-electron chi connectivity index (χ1n) is 9.04. The summed E-state index contributed by atoms with van der Waals surface area (Å²) in [4.78, 5) is 21.8. The van der Waals surface area contributed by atoms with Crippen LogP contribution in [-0.4, -0.2) is 53.1 Å². The van der Waals surface area contributed by atoms with Gasteiger partial charge in [-0.25, -0.2) is 4.98 Å². The number of anilines is 1. The van der Waals surface area contributed by atoms with Gasteiger partial charge >= 0.3 is 0 Å². The van der Waals surface area contributed by atoms with E-state index in [0.717, 1.165) is 50.5 Å². The third-order valence-electron chi connectivity index (χ3n) is 5.26. The number of hydrogen-bond acceptors (Lipinski definition) is 4. The van der Waals surface area contributed by atoms with Crippen molar-refractivity contribution in [2.45, 2.75) is 18.9 Å². The van der Waals surface area contributed by atoms with Crippen molar-refractivity contribution in [1.29, 1.82) is 0 Å². The van der Waals surface area contributed by atoms with Gasteiger partial charge in [-0.05, 0) is 24.5 Å². The summed E-state index contributed by atoms with van der Waals surface area (Å²) in [6, 6.07) is 8.42. The first kappa shape index (κ1) is 18.9. The van der Waals surface area contributed by atoms with E-state index < -0.39 is 0 Å². The summed E-state index contributed by atoms with van der Waals surface area (Å²) >= 11 is 0. The van der Waals surface area contributed by atoms with Crippen molar-refractivity contribution in [2.75, 3.05) is 37.6 Å². The number of nitrogens with zero attached hydrogens (tertiary/aromatic N) is 4. The van der Waals surface area contributed by atoms with Gasteiger partial charge in [0.2, 0.25) is 5.91 Å². The molecule has 1 unspecified atom stereocenters. The number of piperazine rings is 1. The maximum Gasteiger partial charge on any atom is 0.241 e. The number of aromatic nitrogens is 2. The lowest BCUT2D eigenvalue weighted by Gasteiger charge is -2.37. The van der Waals surface area contributed by atoms with Gasteiger partial charge in [0.25, 0.3) is 0 Å². The van der Waals surface area contributed by atoms with E-state index in [4.69, 9.17) is 0 Å². The summed E-state index contributed by atoms with van der Waals surface area (Å²) in [5, 5.41) is 3.43. The standard InChI is InChI=1S/C19H25N5O.ClH/c1-22-11-9-21-19(22)17-13-20-8-12-23(17)14-18(25)24-10-4-6-15-5-2-3-7-16(15)24;/h2-3,5,7,9,11,17,20H,4,6,8,10,12-14H2,1H3;1H. The summed E-state index contributed by atoms with van der Waals surface area (Å²) in [5.41, 5.74) is 2.37. The first-order valence-corrected chi connectivity index (χ1v) is 9.04. The van der Waals surface area contributed by atoms with E-state index in [1.165, 1.54) is 5.56 Å². The van der Waals surface area contributed by atoms with E-state index in [9.17, 15) is 4.79 Å². The van der Waals surface area contributed by atoms with Crippen LogP contribution >= 0.6 is 12.4 Å². The van der Waals surface area contributed by atoms with Crippen LogP contribution in [0.25, 0.3) is 0 Å². The Bertz CT molecular complexity index is 762. The minimum absolute atomic E-state index is 0. The quantitative estimate of drug-likeness (QED) is 0.888. The summed E-state index contributed by atoms with van der Waals surface area (Å²) in [7, 11) is 2.01. The number of carbonyl (C=O) groups is 1. The molecule has 2 aliphatic rings. The molecule has 1 fully saturated rings. The van der Waals surface area contributed by atoms with Crippen LogP contribution in [0.1, 0.15) is 23.9 Å². The van der Waals surface area contributed by atoms with Crippen molar-refractivity contribution >= 4 is 24.0 Å². The maximum atomic E-state index is 13.1. The SMILES string of the molecule is Cl.Cn1ccnc1C1CNCCN1CC(=O)N1CCCc2ccccc21. The van der Waals surface area contributed by atoms with Crippen LogP contribution in [-0.2, 0) is 18.3 Å². The number of para-hydroxylation sites is 1. The highest BCUT2D eigenvalue weighted by Crippen LogP contribution is 2.27. The number of imidazole rings is 1. The fourth-order valence-electron chi connectivity index (χ4n) is 3.94. The largest absolute Gasteiger partial charge is 0.337 e. The molecule has 2 aromatic rings. The molecule has 1 atom stereocenters. The molecule has 0 radical (unpaired) electrons. The lowest BCUT2D eigenvalue weighted by Crippen LogP contribution is -2.51. The molecule has 1 amide bonds. The van der Waals surface area contributed by atoms with Crippen molar-refractivity contribution in [3.63, 3.8) is 0 Å². The highest BCUT2D eigenvalue weighted by atomic mass is 35.5. The highest BCUT2D eigenvalue weighted by molar-refractivity contribution is 5.96. The number of halogens is 1. The topological polar surface area (TPSA) is 53.4 Å². The van der Waals surface area contributed by atoms with Crippen molar-refractivity contribution in [1.82, 2.24) is 19.8 Å². The van der Waals surface area contributed by atoms with Crippen LogP contribution < -0.4 is 10.2 Å². The second-order valence-corrected chi connectivity index (χ2v) is 6.86. The fraction of sp³-hybridized carbons (Fsp3) is 0.474. The minimum Gasteiger partial charge on any atom is -0.337 e. The average molecular weight is 376 g/mol. The first-order chi connectivity index (χ1) is 12.2. The number of benzene rings is 1. The maximum absolute atomic E-state index is 13.1. The van der Waals surface area contributed by atoms with Crippen LogP contribution in [0.2, 0.25) is 0 Å². The van der Waals surface area contributed by atoms with Crippen molar-refractivity contribution in [3.8, 4) is 0 Å². The van der Waals surface area contributed by atoms with Gasteiger partial charge in [-0.1, -0.05) is 18.2 Å². The Labute approximate surface area is 160 Å². The van der Waals surface area contributed by atoms with Crippen molar-refractivity contribution in [2.24, 2.45) is 7.05 Å². The molecule has 6 nitrogen and oxygen atoms in total. The van der Waals surface area contributed by atoms with Crippen molar-refractivity contribution in [3.05, 3.63) is 48.0 Å². The Morgan fingerprint density at radius 2 is 2.15 bits per heavy atom. The van der Waals surface area contributed by atoms with Crippen LogP contribution in [0.3, 0.4) is 0 Å². The Kier molecular flexibility index (Phi) is 5.96. The molecule has 4 rings (SSSR count). The van der Waals surface area contributed by atoms with Gasteiger partial charge in [0.05, 0.1) is 12.6 Å². The molecule has 1 saturated heterocycles. The Morgan fingerprint density at radius 3 is 2.96 bits per heavy atom. The predicted molar refractivity (Wildman–Crippen MR) is 105 cm³/mol. The molecule has 1 N–H and O–H groups in total. The van der Waals surface area contributed by atoms with Crippen LogP contribution in [0, 0.1) is 0 Å². The molecular formula is C19H26ClN5O. The van der Waals surface area contributed by atoms with E-state index >= 15 is 0 Å². The zero-order chi connectivity index (χ0) is 17.2. The second-order valence-electron chi connectivity index (χ2n) is 6.86. The number of carbonyl (C=O) groups excluding carboxylic acids is 1. The van der Waals surface area contributed by atoms with Gasteiger partial charge in [-0.3, -0.25) is 9.69 Å². The summed E-state index contributed by atoms with van der Waals surface area (Å²) in [6.07, 6.45) is 5.88. The third-order valence-corrected chi connectivity index (χ3v) is 5.26. The van der Waals surface area contributed by atoms with E-state index in [0.29, 0.717) is 6.54 Å². The molecule has 2 aliphatic heterocycles. The number of nitrogens with one attached hydrogen (secondary N) is 1. The van der Waals surface area contributed by atoms with E-state index in [1.54, 1.807) is 0 Å². The van der Waals surface area contributed by atoms with Gasteiger partial charge in [-0.15, -0.1) is 12.4 Å². The molecule has 0 saturated carbocycles. The van der Waals surface area contributed by atoms with Gasteiger partial charge in [0.15, 0.2) is 0 Å². The third kappa shape index (κ3) is 3.63. The summed E-state index contributed by atoms with van der Waals surface area (Å²) < 4.78 is 2.05. The summed E-state index contributed by atoms with van der Waals surface area (Å²) in [5.74, 6) is 1.20. The lowest BCUT2D eigenvalue weighted by atomic mass is 10.0. The van der Waals surface area contributed by atoms with E-state index in [1.807, 2.05) is 35.0 Å². The molecule has 26 heavy (non-hydrogen) atoms. The smallest absolute Gasteiger partial charge is 0.241 e. The number of hydrogen-bond donors (Lipinski definition) is 1. The molecule has 1 aromatic heterocycles. The van der Waals surface area contributed by atoms with Gasteiger partial charge < -0.3 is 14.8 Å². The molecule has 1 aromatic carbocycles. The molecule has 0 aliphatic carbocycles. The normalized spacial score (nSPS) is 20.3. The zero-order valence-electron chi connectivity index (χ0n) is 15.1. The Balaban J connectivity index is 0.00000196. The zero-order valence-corrected chi connectivity index (χ0v) is 15.9. The van der Waals surface area contributed by atoms with Gasteiger partial charge in [0.1, 0.15) is 5.82 Å². The lowest BCUT2D eigenvalue weighted by molar-refractivity contribution is -0.120. The number of aryl methyl sites for hydroxylation is 2. The van der Waals surface area contributed by atoms with Crippen LogP contribution in [0.4, 0.5) is 5.69 Å². The molecule has 0 bridgehead atoms. The van der Waals surface area contributed by atoms with Gasteiger partial charge in [0, 0.05) is 51.3 Å². The monoisotopic (exact) mass is 375 g/mol. The molecule has 0 spiro atoms. The molecule has 140 valence electrons. The fourth-order valence-corrected chi connectivity index (χ4v) is 3.94. The van der Waals surface area contributed by atoms with Crippen LogP contribution in [0.15, 0.2) is 36.7 Å². The predicted octanol–water partition coefficient (Wildman–Crippen LogP) is 1.77.